The average Bonchev–Trinajstić information content (AvgIpc) is 2.53. The molecular weight excluding hydrogens is 393 g/mol. The quantitative estimate of drug-likeness (QED) is 0.280. The highest BCUT2D eigenvalue weighted by atomic mass is 24.3. The largest absolute Gasteiger partial charge is 0.374 e. The zero-order chi connectivity index (χ0) is 24.3. The van der Waals surface area contributed by atoms with Crippen LogP contribution in [-0.4, -0.2) is 47.5 Å². The fourth-order valence-electron chi connectivity index (χ4n) is 4.70. The van der Waals surface area contributed by atoms with Gasteiger partial charge < -0.3 is 9.47 Å². The van der Waals surface area contributed by atoms with Gasteiger partial charge in [-0.05, 0) is 47.3 Å². The molecular formula is C28H62MgO2. The zero-order valence-corrected chi connectivity index (χ0v) is 23.7. The summed E-state index contributed by atoms with van der Waals surface area (Å²) in [6.45, 7) is 36.0. The molecule has 0 rings (SSSR count). The Labute approximate surface area is 214 Å². The van der Waals surface area contributed by atoms with Crippen LogP contribution in [0.4, 0.5) is 0 Å². The molecule has 0 fully saturated rings. The molecule has 0 aromatic carbocycles. The highest BCUT2D eigenvalue weighted by Gasteiger charge is 2.27. The second kappa shape index (κ2) is 18.1. The normalized spacial score (nSPS) is 12.8. The van der Waals surface area contributed by atoms with Crippen molar-refractivity contribution in [2.45, 2.75) is 135 Å². The van der Waals surface area contributed by atoms with E-state index in [0.29, 0.717) is 71.8 Å². The molecule has 188 valence electrons. The minimum absolute atomic E-state index is 0. The third-order valence-corrected chi connectivity index (χ3v) is 5.89. The van der Waals surface area contributed by atoms with Gasteiger partial charge in [0.05, 0.1) is 24.4 Å². The number of rotatable bonds is 12. The van der Waals surface area contributed by atoms with E-state index in [1.165, 1.54) is 0 Å². The molecule has 31 heavy (non-hydrogen) atoms. The van der Waals surface area contributed by atoms with Crippen LogP contribution in [0, 0.1) is 47.3 Å². The highest BCUT2D eigenvalue weighted by Crippen LogP contribution is 2.26. The van der Waals surface area contributed by atoms with Crippen molar-refractivity contribution in [1.29, 1.82) is 0 Å². The summed E-state index contributed by atoms with van der Waals surface area (Å²) >= 11 is 0. The zero-order valence-electron chi connectivity index (χ0n) is 23.7. The van der Waals surface area contributed by atoms with E-state index < -0.39 is 0 Å². The number of hydrogen-bond donors (Lipinski definition) is 0. The van der Waals surface area contributed by atoms with E-state index >= 15 is 0 Å². The standard InChI is InChI=1S/2C14H30O.Mg.2H/c2*1-9(2)13(10(3)4)15-14(11(5)6)12(7)8;;;/h2*9-14H,1-8H3;;;. The van der Waals surface area contributed by atoms with E-state index in [4.69, 9.17) is 9.47 Å². The molecule has 0 aliphatic rings. The molecule has 2 nitrogen and oxygen atoms in total. The molecule has 0 radical (unpaired) electrons. The topological polar surface area (TPSA) is 18.5 Å². The first kappa shape index (κ1) is 36.3. The van der Waals surface area contributed by atoms with E-state index in [2.05, 4.69) is 111 Å². The van der Waals surface area contributed by atoms with Crippen LogP contribution in [0.25, 0.3) is 0 Å². The summed E-state index contributed by atoms with van der Waals surface area (Å²) in [6, 6.07) is 0. The summed E-state index contributed by atoms with van der Waals surface area (Å²) in [7, 11) is 0. The number of ether oxygens (including phenoxy) is 2. The van der Waals surface area contributed by atoms with Crippen molar-refractivity contribution < 1.29 is 9.47 Å². The number of hydrogen-bond acceptors (Lipinski definition) is 2. The third kappa shape index (κ3) is 15.3. The minimum Gasteiger partial charge on any atom is -0.374 e. The fourth-order valence-corrected chi connectivity index (χ4v) is 4.70. The summed E-state index contributed by atoms with van der Waals surface area (Å²) in [5, 5.41) is 0. The molecule has 0 saturated carbocycles. The molecule has 0 aromatic rings. The van der Waals surface area contributed by atoms with Gasteiger partial charge >= 0.3 is 23.1 Å². The van der Waals surface area contributed by atoms with E-state index in [1.54, 1.807) is 0 Å². The van der Waals surface area contributed by atoms with Gasteiger partial charge in [-0.25, -0.2) is 0 Å². The summed E-state index contributed by atoms with van der Waals surface area (Å²) in [4.78, 5) is 0. The lowest BCUT2D eigenvalue weighted by molar-refractivity contribution is -0.0959. The van der Waals surface area contributed by atoms with Crippen molar-refractivity contribution in [2.24, 2.45) is 47.3 Å². The second-order valence-electron chi connectivity index (χ2n) is 12.1. The highest BCUT2D eigenvalue weighted by molar-refractivity contribution is 5.75. The molecule has 0 aromatic heterocycles. The average molecular weight is 455 g/mol. The lowest BCUT2D eigenvalue weighted by Crippen LogP contribution is -2.36. The van der Waals surface area contributed by atoms with Gasteiger partial charge in [-0.1, -0.05) is 111 Å². The Balaban J connectivity index is -0.000000490. The van der Waals surface area contributed by atoms with Gasteiger partial charge in [-0.15, -0.1) is 0 Å². The Hall–Kier alpha value is 0.686. The van der Waals surface area contributed by atoms with Crippen LogP contribution in [-0.2, 0) is 9.47 Å². The van der Waals surface area contributed by atoms with Gasteiger partial charge in [0.25, 0.3) is 0 Å². The van der Waals surface area contributed by atoms with Gasteiger partial charge in [0, 0.05) is 0 Å². The smallest absolute Gasteiger partial charge is 0.316 e. The van der Waals surface area contributed by atoms with Crippen molar-refractivity contribution in [2.75, 3.05) is 0 Å². The Morgan fingerprint density at radius 3 is 0.419 bits per heavy atom. The predicted octanol–water partition coefficient (Wildman–Crippen LogP) is 7.81. The SMILES string of the molecule is CC(C)C(OC(C(C)C)C(C)C)C(C)C.CC(C)C(OC(C(C)C)C(C)C)C(C)C.[MgH2]. The lowest BCUT2D eigenvalue weighted by atomic mass is 9.92. The molecule has 0 aliphatic heterocycles. The molecule has 0 bridgehead atoms. The van der Waals surface area contributed by atoms with Crippen molar-refractivity contribution in [3.8, 4) is 0 Å². The maximum Gasteiger partial charge on any atom is 0.316 e. The summed E-state index contributed by atoms with van der Waals surface area (Å²) in [5.41, 5.74) is 0. The van der Waals surface area contributed by atoms with Crippen molar-refractivity contribution >= 4 is 23.1 Å². The first-order valence-corrected chi connectivity index (χ1v) is 12.8. The molecule has 0 amide bonds. The van der Waals surface area contributed by atoms with Crippen LogP contribution in [0.2, 0.25) is 0 Å². The molecule has 0 aliphatic carbocycles. The summed E-state index contributed by atoms with van der Waals surface area (Å²) in [5.74, 6) is 4.81. The van der Waals surface area contributed by atoms with E-state index in [1.807, 2.05) is 0 Å². The second-order valence-corrected chi connectivity index (χ2v) is 12.1. The van der Waals surface area contributed by atoms with Gasteiger partial charge in [0.1, 0.15) is 0 Å². The van der Waals surface area contributed by atoms with E-state index in [0.717, 1.165) is 0 Å². The maximum absolute atomic E-state index is 6.30. The van der Waals surface area contributed by atoms with Gasteiger partial charge in [0.15, 0.2) is 0 Å². The van der Waals surface area contributed by atoms with Crippen LogP contribution in [0.1, 0.15) is 111 Å². The minimum atomic E-state index is 0. The van der Waals surface area contributed by atoms with Crippen LogP contribution >= 0.6 is 0 Å². The van der Waals surface area contributed by atoms with E-state index in [-0.39, 0.29) is 23.1 Å². The molecule has 0 N–H and O–H groups in total. The van der Waals surface area contributed by atoms with Gasteiger partial charge in [-0.2, -0.15) is 0 Å². The summed E-state index contributed by atoms with van der Waals surface area (Å²) < 4.78 is 12.6. The lowest BCUT2D eigenvalue weighted by Gasteiger charge is -2.34. The molecule has 0 saturated heterocycles. The van der Waals surface area contributed by atoms with Gasteiger partial charge in [-0.3, -0.25) is 0 Å². The maximum atomic E-state index is 6.30. The first-order valence-electron chi connectivity index (χ1n) is 12.8. The van der Waals surface area contributed by atoms with Crippen molar-refractivity contribution in [1.82, 2.24) is 0 Å². The van der Waals surface area contributed by atoms with Gasteiger partial charge in [0.2, 0.25) is 0 Å². The van der Waals surface area contributed by atoms with E-state index in [9.17, 15) is 0 Å². The fraction of sp³-hybridized carbons (Fsp3) is 1.00. The Morgan fingerprint density at radius 1 is 0.258 bits per heavy atom. The molecule has 0 heterocycles. The third-order valence-electron chi connectivity index (χ3n) is 5.89. The Morgan fingerprint density at radius 2 is 0.355 bits per heavy atom. The van der Waals surface area contributed by atoms with Crippen LogP contribution in [0.3, 0.4) is 0 Å². The van der Waals surface area contributed by atoms with Crippen LogP contribution in [0.5, 0.6) is 0 Å². The molecule has 0 atom stereocenters. The Bertz CT molecular complexity index is 294. The van der Waals surface area contributed by atoms with Crippen molar-refractivity contribution in [3.05, 3.63) is 0 Å². The van der Waals surface area contributed by atoms with Crippen LogP contribution < -0.4 is 0 Å². The molecule has 0 unspecified atom stereocenters. The summed E-state index contributed by atoms with van der Waals surface area (Å²) in [6.07, 6.45) is 1.55. The van der Waals surface area contributed by atoms with Crippen molar-refractivity contribution in [3.63, 3.8) is 0 Å². The van der Waals surface area contributed by atoms with Crippen LogP contribution in [0.15, 0.2) is 0 Å². The monoisotopic (exact) mass is 454 g/mol. The Kier molecular flexibility index (Phi) is 21.1. The molecule has 0 spiro atoms. The first-order chi connectivity index (χ1) is 13.5. The predicted molar refractivity (Wildman–Crippen MR) is 145 cm³/mol. The molecule has 3 heteroatoms.